The highest BCUT2D eigenvalue weighted by atomic mass is 32.2. The number of nitrogens with one attached hydrogen (secondary N) is 1. The molecule has 2 aliphatic rings. The number of carbonyl (C=O) groups excluding carboxylic acids is 3. The Morgan fingerprint density at radius 1 is 1.03 bits per heavy atom. The van der Waals surface area contributed by atoms with E-state index < -0.39 is 10.7 Å². The van der Waals surface area contributed by atoms with Crippen LogP contribution in [0.2, 0.25) is 0 Å². The number of hydrogen-bond donors (Lipinski definition) is 1. The van der Waals surface area contributed by atoms with Crippen molar-refractivity contribution in [1.29, 1.82) is 0 Å². The Hall–Kier alpha value is -3.65. The molecule has 35 heavy (non-hydrogen) atoms. The lowest BCUT2D eigenvalue weighted by Crippen LogP contribution is -2.50. The van der Waals surface area contributed by atoms with E-state index >= 15 is 0 Å². The number of nitrogens with zero attached hydrogens (tertiary/aromatic N) is 2. The van der Waals surface area contributed by atoms with Crippen LogP contribution in [0.4, 0.5) is 21.5 Å². The van der Waals surface area contributed by atoms with Crippen LogP contribution in [-0.4, -0.2) is 30.0 Å². The summed E-state index contributed by atoms with van der Waals surface area (Å²) in [4.78, 5) is 41.7. The molecule has 0 aromatic heterocycles. The number of aryl methyl sites for hydroxylation is 3. The molecule has 1 spiro atoms. The van der Waals surface area contributed by atoms with Gasteiger partial charge in [-0.3, -0.25) is 24.2 Å². The Morgan fingerprint density at radius 2 is 1.69 bits per heavy atom. The highest BCUT2D eigenvalue weighted by Gasteiger charge is 2.61. The number of rotatable bonds is 4. The van der Waals surface area contributed by atoms with Gasteiger partial charge in [0.15, 0.2) is 0 Å². The van der Waals surface area contributed by atoms with Gasteiger partial charge in [-0.05, 0) is 62.2 Å². The van der Waals surface area contributed by atoms with Crippen LogP contribution in [0.15, 0.2) is 60.7 Å². The van der Waals surface area contributed by atoms with E-state index in [-0.39, 0.29) is 30.0 Å². The van der Waals surface area contributed by atoms with Gasteiger partial charge in [0, 0.05) is 16.9 Å². The molecule has 1 fully saturated rings. The number of carbonyl (C=O) groups is 3. The van der Waals surface area contributed by atoms with Crippen LogP contribution in [0, 0.1) is 26.6 Å². The van der Waals surface area contributed by atoms with Gasteiger partial charge in [-0.25, -0.2) is 4.39 Å². The summed E-state index contributed by atoms with van der Waals surface area (Å²) in [6.07, 6.45) is 0. The number of halogens is 1. The van der Waals surface area contributed by atoms with Crippen LogP contribution < -0.4 is 15.1 Å². The van der Waals surface area contributed by atoms with Gasteiger partial charge in [0.1, 0.15) is 12.4 Å². The number of anilines is 3. The maximum Gasteiger partial charge on any atom is 0.269 e. The van der Waals surface area contributed by atoms with Crippen molar-refractivity contribution >= 4 is 46.5 Å². The van der Waals surface area contributed by atoms with E-state index in [0.717, 1.165) is 22.4 Å². The van der Waals surface area contributed by atoms with E-state index in [1.165, 1.54) is 45.8 Å². The Bertz CT molecular complexity index is 1350. The highest BCUT2D eigenvalue weighted by molar-refractivity contribution is 8.02. The lowest BCUT2D eigenvalue weighted by atomic mass is 10.0. The Balaban J connectivity index is 1.51. The van der Waals surface area contributed by atoms with Crippen molar-refractivity contribution in [3.63, 3.8) is 0 Å². The molecule has 3 aromatic rings. The second kappa shape index (κ2) is 8.53. The van der Waals surface area contributed by atoms with Crippen molar-refractivity contribution in [1.82, 2.24) is 0 Å². The first kappa shape index (κ1) is 23.1. The molecule has 3 aromatic carbocycles. The molecule has 6 nitrogen and oxygen atoms in total. The first-order valence-corrected chi connectivity index (χ1v) is 12.2. The average Bonchev–Trinajstić information content (AvgIpc) is 3.28. The molecule has 1 atom stereocenters. The summed E-state index contributed by atoms with van der Waals surface area (Å²) in [5.41, 5.74) is 5.38. The molecule has 0 radical (unpaired) electrons. The summed E-state index contributed by atoms with van der Waals surface area (Å²) in [5.74, 6) is -1.28. The van der Waals surface area contributed by atoms with Crippen molar-refractivity contribution in [2.45, 2.75) is 25.6 Å². The summed E-state index contributed by atoms with van der Waals surface area (Å²) in [7, 11) is 0. The summed E-state index contributed by atoms with van der Waals surface area (Å²) in [6, 6.07) is 16.7. The number of hydrogen-bond acceptors (Lipinski definition) is 4. The Morgan fingerprint density at radius 3 is 2.37 bits per heavy atom. The fraction of sp³-hybridized carbons (Fsp3) is 0.222. The third kappa shape index (κ3) is 3.69. The fourth-order valence-electron chi connectivity index (χ4n) is 5.00. The van der Waals surface area contributed by atoms with Gasteiger partial charge in [-0.1, -0.05) is 35.9 Å². The van der Waals surface area contributed by atoms with Crippen molar-refractivity contribution in [2.24, 2.45) is 0 Å². The third-order valence-corrected chi connectivity index (χ3v) is 7.78. The molecular formula is C27H24FN3O3S. The zero-order valence-corrected chi connectivity index (χ0v) is 20.4. The standard InChI is InChI=1S/C27H24FN3O3S/c1-16-12-17(2)25(18(3)13-16)29-23(32)14-30-22-7-5-4-6-21(22)27(26(30)34)31(24(33)15-35-27)20-10-8-19(28)9-11-20/h4-13H,14-15H2,1-3H3,(H,29,32)/t27-/m0/s1. The Labute approximate surface area is 207 Å². The number of thioether (sulfide) groups is 1. The largest absolute Gasteiger partial charge is 0.324 e. The SMILES string of the molecule is Cc1cc(C)c(NC(=O)CN2C(=O)[C@@]3(SCC(=O)N3c3ccc(F)cc3)c3ccccc32)c(C)c1. The molecule has 2 heterocycles. The predicted molar refractivity (Wildman–Crippen MR) is 136 cm³/mol. The first-order valence-electron chi connectivity index (χ1n) is 11.2. The summed E-state index contributed by atoms with van der Waals surface area (Å²) in [5, 5.41) is 2.96. The van der Waals surface area contributed by atoms with Gasteiger partial charge in [0.05, 0.1) is 11.4 Å². The van der Waals surface area contributed by atoms with Gasteiger partial charge < -0.3 is 5.32 Å². The van der Waals surface area contributed by atoms with Crippen LogP contribution >= 0.6 is 11.8 Å². The summed E-state index contributed by atoms with van der Waals surface area (Å²) in [6.45, 7) is 5.67. The van der Waals surface area contributed by atoms with Gasteiger partial charge in [-0.2, -0.15) is 0 Å². The minimum absolute atomic E-state index is 0.0965. The molecule has 2 aliphatic heterocycles. The average molecular weight is 490 g/mol. The van der Waals surface area contributed by atoms with E-state index in [2.05, 4.69) is 5.32 Å². The van der Waals surface area contributed by atoms with Crippen LogP contribution in [0.1, 0.15) is 22.3 Å². The van der Waals surface area contributed by atoms with Crippen molar-refractivity contribution in [3.8, 4) is 0 Å². The predicted octanol–water partition coefficient (Wildman–Crippen LogP) is 4.67. The number of fused-ring (bicyclic) bond motifs is 2. The van der Waals surface area contributed by atoms with Crippen molar-refractivity contribution in [3.05, 3.63) is 88.7 Å². The molecule has 0 unspecified atom stereocenters. The maximum absolute atomic E-state index is 14.0. The van der Waals surface area contributed by atoms with Crippen LogP contribution in [0.3, 0.4) is 0 Å². The van der Waals surface area contributed by atoms with E-state index in [1.54, 1.807) is 12.1 Å². The molecule has 0 aliphatic carbocycles. The van der Waals surface area contributed by atoms with Gasteiger partial charge in [0.2, 0.25) is 16.7 Å². The fourth-order valence-corrected chi connectivity index (χ4v) is 6.36. The molecule has 1 N–H and O–H groups in total. The smallest absolute Gasteiger partial charge is 0.269 e. The monoisotopic (exact) mass is 489 g/mol. The number of para-hydroxylation sites is 1. The van der Waals surface area contributed by atoms with Gasteiger partial charge >= 0.3 is 0 Å². The molecule has 0 saturated carbocycles. The van der Waals surface area contributed by atoms with E-state index in [0.29, 0.717) is 16.9 Å². The number of benzene rings is 3. The second-order valence-electron chi connectivity index (χ2n) is 8.87. The lowest BCUT2D eigenvalue weighted by Gasteiger charge is -2.33. The van der Waals surface area contributed by atoms with Crippen molar-refractivity contribution in [2.75, 3.05) is 27.4 Å². The zero-order chi connectivity index (χ0) is 24.9. The molecule has 1 saturated heterocycles. The summed E-state index contributed by atoms with van der Waals surface area (Å²) >= 11 is 1.22. The lowest BCUT2D eigenvalue weighted by molar-refractivity contribution is -0.124. The molecule has 0 bridgehead atoms. The van der Waals surface area contributed by atoms with Gasteiger partial charge in [0.25, 0.3) is 5.91 Å². The highest BCUT2D eigenvalue weighted by Crippen LogP contribution is 2.55. The minimum Gasteiger partial charge on any atom is -0.324 e. The molecule has 5 rings (SSSR count). The maximum atomic E-state index is 14.0. The van der Waals surface area contributed by atoms with E-state index in [9.17, 15) is 18.8 Å². The van der Waals surface area contributed by atoms with E-state index in [1.807, 2.05) is 45.0 Å². The van der Waals surface area contributed by atoms with Crippen molar-refractivity contribution < 1.29 is 18.8 Å². The normalized spacial score (nSPS) is 19.0. The molecular weight excluding hydrogens is 465 g/mol. The zero-order valence-electron chi connectivity index (χ0n) is 19.6. The Kier molecular flexibility index (Phi) is 5.63. The topological polar surface area (TPSA) is 69.7 Å². The summed E-state index contributed by atoms with van der Waals surface area (Å²) < 4.78 is 13.6. The van der Waals surface area contributed by atoms with Gasteiger partial charge in [-0.15, -0.1) is 11.8 Å². The number of amides is 3. The van der Waals surface area contributed by atoms with Crippen LogP contribution in [-0.2, 0) is 19.3 Å². The molecule has 178 valence electrons. The first-order chi connectivity index (χ1) is 16.7. The second-order valence-corrected chi connectivity index (χ2v) is 10.0. The minimum atomic E-state index is -1.35. The van der Waals surface area contributed by atoms with Crippen LogP contribution in [0.25, 0.3) is 0 Å². The molecule has 8 heteroatoms. The van der Waals surface area contributed by atoms with Crippen LogP contribution in [0.5, 0.6) is 0 Å². The van der Waals surface area contributed by atoms with E-state index in [4.69, 9.17) is 0 Å². The molecule has 3 amide bonds. The quantitative estimate of drug-likeness (QED) is 0.578. The third-order valence-electron chi connectivity index (χ3n) is 6.39.